The summed E-state index contributed by atoms with van der Waals surface area (Å²) in [5.74, 6) is -0.207. The van der Waals surface area contributed by atoms with E-state index in [1.807, 2.05) is 13.8 Å². The number of hydrogen-bond donors (Lipinski definition) is 1. The van der Waals surface area contributed by atoms with Crippen LogP contribution in [0, 0.1) is 11.7 Å². The average Bonchev–Trinajstić information content (AvgIpc) is 2.59. The minimum absolute atomic E-state index is 0.180. The van der Waals surface area contributed by atoms with E-state index in [1.54, 1.807) is 12.1 Å². The van der Waals surface area contributed by atoms with Gasteiger partial charge in [-0.05, 0) is 30.0 Å². The molecule has 0 aliphatic carbocycles. The zero-order valence-electron chi connectivity index (χ0n) is 11.0. The molecular formula is C14H17FN2O2. The molecule has 1 unspecified atom stereocenters. The number of nitrogens with zero attached hydrogens (tertiary/aromatic N) is 1. The Hall–Kier alpha value is -1.91. The lowest BCUT2D eigenvalue weighted by Gasteiger charge is -2.13. The van der Waals surface area contributed by atoms with Crippen LogP contribution in [0.3, 0.4) is 0 Å². The minimum Gasteiger partial charge on any atom is -0.326 e. The highest BCUT2D eigenvalue weighted by molar-refractivity contribution is 6.04. The number of carbonyl (C=O) groups excluding carboxylic acids is 2. The fourth-order valence-corrected chi connectivity index (χ4v) is 2.13. The van der Waals surface area contributed by atoms with Gasteiger partial charge in [-0.3, -0.25) is 9.69 Å². The van der Waals surface area contributed by atoms with Crippen LogP contribution in [-0.4, -0.2) is 22.9 Å². The molecule has 102 valence electrons. The van der Waals surface area contributed by atoms with E-state index in [2.05, 4.69) is 5.32 Å². The summed E-state index contributed by atoms with van der Waals surface area (Å²) in [4.78, 5) is 25.0. The van der Waals surface area contributed by atoms with Gasteiger partial charge in [0.25, 0.3) is 5.91 Å². The molecule has 1 aromatic rings. The molecule has 1 saturated heterocycles. The van der Waals surface area contributed by atoms with E-state index >= 15 is 0 Å². The molecule has 3 amide bonds. The Morgan fingerprint density at radius 1 is 1.26 bits per heavy atom. The number of urea groups is 1. The number of halogens is 1. The van der Waals surface area contributed by atoms with Gasteiger partial charge < -0.3 is 5.32 Å². The van der Waals surface area contributed by atoms with Crippen molar-refractivity contribution in [3.8, 4) is 0 Å². The Morgan fingerprint density at radius 3 is 2.47 bits per heavy atom. The number of imide groups is 1. The molecule has 0 bridgehead atoms. The second kappa shape index (κ2) is 5.38. The van der Waals surface area contributed by atoms with Gasteiger partial charge in [0.1, 0.15) is 11.9 Å². The highest BCUT2D eigenvalue weighted by atomic mass is 19.1. The molecule has 4 nitrogen and oxygen atoms in total. The molecule has 1 heterocycles. The van der Waals surface area contributed by atoms with Crippen LogP contribution in [0.5, 0.6) is 0 Å². The summed E-state index contributed by atoms with van der Waals surface area (Å²) in [6.45, 7) is 4.18. The van der Waals surface area contributed by atoms with Crippen molar-refractivity contribution in [3.63, 3.8) is 0 Å². The molecule has 1 aromatic carbocycles. The predicted molar refractivity (Wildman–Crippen MR) is 68.7 cm³/mol. The third-order valence-corrected chi connectivity index (χ3v) is 3.07. The van der Waals surface area contributed by atoms with Gasteiger partial charge in [0, 0.05) is 0 Å². The van der Waals surface area contributed by atoms with Gasteiger partial charge in [0.2, 0.25) is 0 Å². The summed E-state index contributed by atoms with van der Waals surface area (Å²) < 4.78 is 12.8. The van der Waals surface area contributed by atoms with Crippen molar-refractivity contribution in [1.82, 2.24) is 10.2 Å². The van der Waals surface area contributed by atoms with Gasteiger partial charge in [-0.25, -0.2) is 9.18 Å². The highest BCUT2D eigenvalue weighted by Gasteiger charge is 2.37. The quantitative estimate of drug-likeness (QED) is 0.848. The zero-order valence-corrected chi connectivity index (χ0v) is 11.0. The van der Waals surface area contributed by atoms with Gasteiger partial charge >= 0.3 is 6.03 Å². The fraction of sp³-hybridized carbons (Fsp3) is 0.429. The van der Waals surface area contributed by atoms with Gasteiger partial charge in [-0.2, -0.15) is 0 Å². The molecule has 2 rings (SSSR count). The third kappa shape index (κ3) is 3.10. The Balaban J connectivity index is 2.06. The molecule has 1 aliphatic heterocycles. The van der Waals surface area contributed by atoms with Crippen LogP contribution >= 0.6 is 0 Å². The lowest BCUT2D eigenvalue weighted by atomic mass is 10.0. The third-order valence-electron chi connectivity index (χ3n) is 3.07. The van der Waals surface area contributed by atoms with Crippen LogP contribution in [0.1, 0.15) is 25.8 Å². The van der Waals surface area contributed by atoms with Crippen molar-refractivity contribution in [2.24, 2.45) is 5.92 Å². The smallest absolute Gasteiger partial charge is 0.325 e. The first-order valence-corrected chi connectivity index (χ1v) is 6.33. The maximum atomic E-state index is 12.8. The highest BCUT2D eigenvalue weighted by Crippen LogP contribution is 2.17. The van der Waals surface area contributed by atoms with Crippen molar-refractivity contribution >= 4 is 11.9 Å². The Bertz CT molecular complexity index is 485. The van der Waals surface area contributed by atoms with Gasteiger partial charge in [0.15, 0.2) is 0 Å². The Kier molecular flexibility index (Phi) is 3.83. The lowest BCUT2D eigenvalue weighted by Crippen LogP contribution is -2.31. The van der Waals surface area contributed by atoms with Gasteiger partial charge in [0.05, 0.1) is 6.54 Å². The van der Waals surface area contributed by atoms with E-state index in [4.69, 9.17) is 0 Å². The van der Waals surface area contributed by atoms with Crippen LogP contribution in [0.25, 0.3) is 0 Å². The van der Waals surface area contributed by atoms with E-state index < -0.39 is 6.04 Å². The van der Waals surface area contributed by atoms with Crippen LogP contribution in [0.2, 0.25) is 0 Å². The summed E-state index contributed by atoms with van der Waals surface area (Å²) >= 11 is 0. The van der Waals surface area contributed by atoms with Gasteiger partial charge in [-0.1, -0.05) is 26.0 Å². The Morgan fingerprint density at radius 2 is 1.89 bits per heavy atom. The summed E-state index contributed by atoms with van der Waals surface area (Å²) in [5.41, 5.74) is 0.732. The average molecular weight is 264 g/mol. The molecule has 0 saturated carbocycles. The molecule has 5 heteroatoms. The largest absolute Gasteiger partial charge is 0.326 e. The second-order valence-electron chi connectivity index (χ2n) is 5.18. The molecule has 19 heavy (non-hydrogen) atoms. The number of hydrogen-bond acceptors (Lipinski definition) is 2. The van der Waals surface area contributed by atoms with Crippen molar-refractivity contribution < 1.29 is 14.0 Å². The van der Waals surface area contributed by atoms with E-state index in [-0.39, 0.29) is 24.3 Å². The van der Waals surface area contributed by atoms with E-state index in [0.717, 1.165) is 5.56 Å². The van der Waals surface area contributed by atoms with Crippen LogP contribution in [0.15, 0.2) is 24.3 Å². The molecular weight excluding hydrogens is 247 g/mol. The van der Waals surface area contributed by atoms with E-state index in [9.17, 15) is 14.0 Å². The number of nitrogens with one attached hydrogen (secondary N) is 1. The predicted octanol–water partition coefficient (Wildman–Crippen LogP) is 2.29. The van der Waals surface area contributed by atoms with E-state index in [1.165, 1.54) is 17.0 Å². The number of carbonyl (C=O) groups is 2. The molecule has 1 N–H and O–H groups in total. The minimum atomic E-state index is -0.437. The van der Waals surface area contributed by atoms with Gasteiger partial charge in [-0.15, -0.1) is 0 Å². The molecule has 0 spiro atoms. The second-order valence-corrected chi connectivity index (χ2v) is 5.18. The molecule has 1 fully saturated rings. The van der Waals surface area contributed by atoms with Crippen LogP contribution in [-0.2, 0) is 11.3 Å². The summed E-state index contributed by atoms with van der Waals surface area (Å²) in [5, 5.41) is 2.68. The van der Waals surface area contributed by atoms with Crippen molar-refractivity contribution in [1.29, 1.82) is 0 Å². The molecule has 0 radical (unpaired) electrons. The summed E-state index contributed by atoms with van der Waals surface area (Å²) in [6.07, 6.45) is 0.629. The number of benzene rings is 1. The number of rotatable bonds is 4. The van der Waals surface area contributed by atoms with E-state index in [0.29, 0.717) is 12.3 Å². The SMILES string of the molecule is CC(C)CC1NC(=O)N(Cc2ccc(F)cc2)C1=O. The van der Waals surface area contributed by atoms with Crippen molar-refractivity contribution in [2.75, 3.05) is 0 Å². The lowest BCUT2D eigenvalue weighted by molar-refractivity contribution is -0.128. The fourth-order valence-electron chi connectivity index (χ4n) is 2.13. The summed E-state index contributed by atoms with van der Waals surface area (Å²) in [7, 11) is 0. The van der Waals surface area contributed by atoms with Crippen LogP contribution < -0.4 is 5.32 Å². The Labute approximate surface area is 111 Å². The van der Waals surface area contributed by atoms with Crippen LogP contribution in [0.4, 0.5) is 9.18 Å². The maximum absolute atomic E-state index is 12.8. The first-order chi connectivity index (χ1) is 8.97. The normalized spacial score (nSPS) is 19.2. The first kappa shape index (κ1) is 13.5. The monoisotopic (exact) mass is 264 g/mol. The van der Waals surface area contributed by atoms with Crippen molar-refractivity contribution in [2.45, 2.75) is 32.9 Å². The maximum Gasteiger partial charge on any atom is 0.325 e. The summed E-state index contributed by atoms with van der Waals surface area (Å²) in [6, 6.07) is 4.98. The zero-order chi connectivity index (χ0) is 14.0. The van der Waals surface area contributed by atoms with Crippen molar-refractivity contribution in [3.05, 3.63) is 35.6 Å². The molecule has 0 aromatic heterocycles. The molecule has 1 aliphatic rings. The number of amides is 3. The topological polar surface area (TPSA) is 49.4 Å². The first-order valence-electron chi connectivity index (χ1n) is 6.33. The molecule has 1 atom stereocenters. The standard InChI is InChI=1S/C14H17FN2O2/c1-9(2)7-12-13(18)17(14(19)16-12)8-10-3-5-11(15)6-4-10/h3-6,9,12H,7-8H2,1-2H3,(H,16,19).